The van der Waals surface area contributed by atoms with Crippen LogP contribution in [0.4, 0.5) is 5.69 Å². The lowest BCUT2D eigenvalue weighted by atomic mass is 10.3. The van der Waals surface area contributed by atoms with Gasteiger partial charge in [-0.3, -0.25) is 9.79 Å². The Morgan fingerprint density at radius 3 is 2.45 bits per heavy atom. The molecule has 2 rings (SSSR count). The van der Waals surface area contributed by atoms with E-state index in [0.29, 0.717) is 45.4 Å². The van der Waals surface area contributed by atoms with Crippen molar-refractivity contribution >= 4 is 41.5 Å². The number of carbonyl (C=O) groups excluding carboxylic acids is 1. The van der Waals surface area contributed by atoms with Gasteiger partial charge in [0.2, 0.25) is 5.91 Å². The van der Waals surface area contributed by atoms with Gasteiger partial charge in [0, 0.05) is 45.0 Å². The van der Waals surface area contributed by atoms with Crippen LogP contribution in [0.25, 0.3) is 0 Å². The number of guanidine groups is 1. The summed E-state index contributed by atoms with van der Waals surface area (Å²) in [4.78, 5) is 16.4. The molecule has 1 aliphatic carbocycles. The van der Waals surface area contributed by atoms with E-state index in [1.54, 1.807) is 7.11 Å². The topological polar surface area (TPSA) is 93.2 Å². The number of nitrogens with zero attached hydrogens (tertiary/aromatic N) is 1. The molecule has 1 aromatic carbocycles. The molecule has 0 radical (unpaired) electrons. The summed E-state index contributed by atoms with van der Waals surface area (Å²) >= 11 is 0. The zero-order valence-electron chi connectivity index (χ0n) is 18.8. The fraction of sp³-hybridized carbons (Fsp3) is 0.636. The monoisotopic (exact) mass is 548 g/mol. The summed E-state index contributed by atoms with van der Waals surface area (Å²) < 4.78 is 16.1. The Bertz CT molecular complexity index is 651. The second kappa shape index (κ2) is 16.1. The summed E-state index contributed by atoms with van der Waals surface area (Å²) in [5, 5.41) is 9.53. The summed E-state index contributed by atoms with van der Waals surface area (Å²) in [7, 11) is 1.66. The fourth-order valence-corrected chi connectivity index (χ4v) is 2.62. The number of amides is 1. The summed E-state index contributed by atoms with van der Waals surface area (Å²) in [5.74, 6) is 1.88. The van der Waals surface area contributed by atoms with Gasteiger partial charge in [-0.05, 0) is 57.4 Å². The minimum atomic E-state index is 0. The standard InChI is InChI=1S/C22H36N4O4.HI/c1-17(2)30-20-9-7-19(8-10-20)26-22(24-11-4-14-29-16-15-28-3)25-13-12-23-21(27)18-5-6-18;/h7-10,17-18H,4-6,11-16H2,1-3H3,(H,23,27)(H2,24,25,26);1H. The highest BCUT2D eigenvalue weighted by atomic mass is 127. The smallest absolute Gasteiger partial charge is 0.223 e. The zero-order chi connectivity index (χ0) is 21.6. The predicted octanol–water partition coefficient (Wildman–Crippen LogP) is 3.03. The Morgan fingerprint density at radius 2 is 1.81 bits per heavy atom. The molecule has 1 aromatic rings. The number of carbonyl (C=O) groups is 1. The third kappa shape index (κ3) is 12.8. The van der Waals surface area contributed by atoms with Gasteiger partial charge >= 0.3 is 0 Å². The van der Waals surface area contributed by atoms with Crippen LogP contribution in [-0.2, 0) is 14.3 Å². The van der Waals surface area contributed by atoms with Crippen molar-refractivity contribution in [3.63, 3.8) is 0 Å². The average molecular weight is 548 g/mol. The summed E-state index contributed by atoms with van der Waals surface area (Å²) in [6.45, 7) is 7.63. The molecule has 0 spiro atoms. The van der Waals surface area contributed by atoms with Crippen LogP contribution in [0.15, 0.2) is 29.3 Å². The van der Waals surface area contributed by atoms with Crippen molar-refractivity contribution < 1.29 is 19.0 Å². The predicted molar refractivity (Wildman–Crippen MR) is 135 cm³/mol. The van der Waals surface area contributed by atoms with Gasteiger partial charge in [0.25, 0.3) is 0 Å². The molecule has 0 aromatic heterocycles. The van der Waals surface area contributed by atoms with Gasteiger partial charge in [-0.15, -0.1) is 24.0 Å². The highest BCUT2D eigenvalue weighted by Gasteiger charge is 2.28. The number of nitrogens with one attached hydrogen (secondary N) is 3. The lowest BCUT2D eigenvalue weighted by Gasteiger charge is -2.14. The second-order valence-electron chi connectivity index (χ2n) is 7.50. The maximum Gasteiger partial charge on any atom is 0.223 e. The van der Waals surface area contributed by atoms with Gasteiger partial charge < -0.3 is 30.2 Å². The highest BCUT2D eigenvalue weighted by molar-refractivity contribution is 14.0. The molecular formula is C22H37IN4O4. The number of halogens is 1. The van der Waals surface area contributed by atoms with E-state index in [9.17, 15) is 4.79 Å². The number of anilines is 1. The molecule has 3 N–H and O–H groups in total. The van der Waals surface area contributed by atoms with Crippen LogP contribution >= 0.6 is 24.0 Å². The molecule has 1 fully saturated rings. The molecule has 8 nitrogen and oxygen atoms in total. The number of methoxy groups -OCH3 is 1. The summed E-state index contributed by atoms with van der Waals surface area (Å²) in [6.07, 6.45) is 2.97. The van der Waals surface area contributed by atoms with E-state index in [-0.39, 0.29) is 41.9 Å². The number of hydrogen-bond acceptors (Lipinski definition) is 5. The molecule has 1 aliphatic rings. The van der Waals surface area contributed by atoms with Crippen LogP contribution in [-0.4, -0.2) is 64.5 Å². The van der Waals surface area contributed by atoms with Crippen molar-refractivity contribution in [1.29, 1.82) is 0 Å². The molecular weight excluding hydrogens is 511 g/mol. The van der Waals surface area contributed by atoms with E-state index >= 15 is 0 Å². The summed E-state index contributed by atoms with van der Waals surface area (Å²) in [5.41, 5.74) is 0.913. The van der Waals surface area contributed by atoms with E-state index in [2.05, 4.69) is 20.9 Å². The number of ether oxygens (including phenoxy) is 3. The van der Waals surface area contributed by atoms with E-state index < -0.39 is 0 Å². The lowest BCUT2D eigenvalue weighted by molar-refractivity contribution is -0.122. The SMILES string of the molecule is COCCOCCCN=C(NCCNC(=O)C1CC1)Nc1ccc(OC(C)C)cc1.I. The van der Waals surface area contributed by atoms with E-state index in [1.165, 1.54) is 0 Å². The third-order valence-electron chi connectivity index (χ3n) is 4.30. The van der Waals surface area contributed by atoms with Crippen molar-refractivity contribution in [3.05, 3.63) is 24.3 Å². The molecule has 31 heavy (non-hydrogen) atoms. The Labute approximate surface area is 202 Å². The molecule has 0 saturated heterocycles. The molecule has 0 aliphatic heterocycles. The van der Waals surface area contributed by atoms with Crippen LogP contribution < -0.4 is 20.7 Å². The van der Waals surface area contributed by atoms with Crippen molar-refractivity contribution in [1.82, 2.24) is 10.6 Å². The Morgan fingerprint density at radius 1 is 1.10 bits per heavy atom. The first kappa shape index (κ1) is 27.4. The molecule has 9 heteroatoms. The third-order valence-corrected chi connectivity index (χ3v) is 4.30. The second-order valence-corrected chi connectivity index (χ2v) is 7.50. The first-order valence-electron chi connectivity index (χ1n) is 10.7. The first-order chi connectivity index (χ1) is 14.6. The van der Waals surface area contributed by atoms with Crippen molar-refractivity contribution in [2.45, 2.75) is 39.2 Å². The van der Waals surface area contributed by atoms with Crippen LogP contribution in [0.2, 0.25) is 0 Å². The van der Waals surface area contributed by atoms with Crippen molar-refractivity contribution in [2.24, 2.45) is 10.9 Å². The van der Waals surface area contributed by atoms with Crippen LogP contribution in [0.5, 0.6) is 5.75 Å². The molecule has 1 amide bonds. The Kier molecular flexibility index (Phi) is 14.3. The van der Waals surface area contributed by atoms with Gasteiger partial charge in [0.15, 0.2) is 5.96 Å². The van der Waals surface area contributed by atoms with Gasteiger partial charge in [0.1, 0.15) is 5.75 Å². The van der Waals surface area contributed by atoms with Crippen LogP contribution in [0, 0.1) is 5.92 Å². The summed E-state index contributed by atoms with van der Waals surface area (Å²) in [6, 6.07) is 7.77. The average Bonchev–Trinajstić information content (AvgIpc) is 3.56. The van der Waals surface area contributed by atoms with E-state index in [4.69, 9.17) is 14.2 Å². The molecule has 0 atom stereocenters. The fourth-order valence-electron chi connectivity index (χ4n) is 2.62. The minimum Gasteiger partial charge on any atom is -0.491 e. The van der Waals surface area contributed by atoms with Gasteiger partial charge in [-0.25, -0.2) is 0 Å². The molecule has 0 heterocycles. The van der Waals surface area contributed by atoms with E-state index in [1.807, 2.05) is 38.1 Å². The van der Waals surface area contributed by atoms with Crippen LogP contribution in [0.1, 0.15) is 33.1 Å². The first-order valence-corrected chi connectivity index (χ1v) is 10.7. The normalized spacial score (nSPS) is 13.5. The molecule has 0 bridgehead atoms. The number of rotatable bonds is 14. The van der Waals surface area contributed by atoms with Crippen LogP contribution in [0.3, 0.4) is 0 Å². The molecule has 176 valence electrons. The van der Waals surface area contributed by atoms with Crippen molar-refractivity contribution in [3.8, 4) is 5.75 Å². The molecule has 0 unspecified atom stereocenters. The van der Waals surface area contributed by atoms with Gasteiger partial charge in [-0.1, -0.05) is 0 Å². The van der Waals surface area contributed by atoms with Gasteiger partial charge in [-0.2, -0.15) is 0 Å². The number of hydrogen-bond donors (Lipinski definition) is 3. The minimum absolute atomic E-state index is 0. The largest absolute Gasteiger partial charge is 0.491 e. The lowest BCUT2D eigenvalue weighted by Crippen LogP contribution is -2.38. The number of benzene rings is 1. The Hall–Kier alpha value is -1.59. The zero-order valence-corrected chi connectivity index (χ0v) is 21.1. The van der Waals surface area contributed by atoms with Gasteiger partial charge in [0.05, 0.1) is 19.3 Å². The molecule has 1 saturated carbocycles. The highest BCUT2D eigenvalue weighted by Crippen LogP contribution is 2.28. The maximum absolute atomic E-state index is 11.7. The quantitative estimate of drug-likeness (QED) is 0.143. The van der Waals surface area contributed by atoms with Crippen molar-refractivity contribution in [2.75, 3.05) is 51.9 Å². The Balaban J connectivity index is 0.00000480. The van der Waals surface area contributed by atoms with E-state index in [0.717, 1.165) is 30.7 Å². The maximum atomic E-state index is 11.7. The number of aliphatic imine (C=N–C) groups is 1.